The number of hydrogen-bond acceptors (Lipinski definition) is 0. The van der Waals surface area contributed by atoms with Crippen LogP contribution in [0.1, 0.15) is 33.1 Å². The molecular formula is C9H15. The largest absolute Gasteiger partial charge is 0.0850 e. The van der Waals surface area contributed by atoms with Crippen molar-refractivity contribution in [3.8, 4) is 0 Å². The molecule has 0 aromatic carbocycles. The van der Waals surface area contributed by atoms with Crippen LogP contribution < -0.4 is 0 Å². The maximum Gasteiger partial charge on any atom is -0.0109 e. The maximum atomic E-state index is 2.39. The first-order valence-electron chi connectivity index (χ1n) is 3.87. The minimum Gasteiger partial charge on any atom is -0.0850 e. The topological polar surface area (TPSA) is 0 Å². The molecule has 51 valence electrons. The Labute approximate surface area is 58.0 Å². The lowest BCUT2D eigenvalue weighted by Gasteiger charge is -2.16. The van der Waals surface area contributed by atoms with E-state index in [1.807, 2.05) is 0 Å². The fourth-order valence-electron chi connectivity index (χ4n) is 1.31. The van der Waals surface area contributed by atoms with Gasteiger partial charge in [0.25, 0.3) is 0 Å². The second-order valence-corrected chi connectivity index (χ2v) is 2.85. The molecule has 0 heteroatoms. The van der Waals surface area contributed by atoms with Gasteiger partial charge in [-0.15, -0.1) is 0 Å². The van der Waals surface area contributed by atoms with Crippen molar-refractivity contribution in [2.75, 3.05) is 0 Å². The predicted octanol–water partition coefficient (Wildman–Crippen LogP) is 2.96. The fourth-order valence-corrected chi connectivity index (χ4v) is 1.31. The summed E-state index contributed by atoms with van der Waals surface area (Å²) in [5.74, 6) is 0.824. The molecule has 1 rings (SSSR count). The molecule has 0 heterocycles. The molecule has 0 amide bonds. The Kier molecular flexibility index (Phi) is 2.32. The Hall–Kier alpha value is -0.260. The molecule has 0 aromatic heterocycles. The Morgan fingerprint density at radius 3 is 2.89 bits per heavy atom. The van der Waals surface area contributed by atoms with Gasteiger partial charge in [0.15, 0.2) is 0 Å². The van der Waals surface area contributed by atoms with Crippen LogP contribution in [0.2, 0.25) is 0 Å². The third kappa shape index (κ3) is 1.85. The highest BCUT2D eigenvalue weighted by atomic mass is 14.1. The maximum absolute atomic E-state index is 2.39. The summed E-state index contributed by atoms with van der Waals surface area (Å²) in [5.41, 5.74) is 1.55. The van der Waals surface area contributed by atoms with Gasteiger partial charge in [0, 0.05) is 0 Å². The van der Waals surface area contributed by atoms with E-state index in [9.17, 15) is 0 Å². The van der Waals surface area contributed by atoms with E-state index in [1.165, 1.54) is 19.3 Å². The van der Waals surface area contributed by atoms with Gasteiger partial charge in [-0.05, 0) is 31.6 Å². The Morgan fingerprint density at radius 2 is 2.44 bits per heavy atom. The summed E-state index contributed by atoms with van der Waals surface area (Å²) in [6.07, 6.45) is 8.61. The van der Waals surface area contributed by atoms with Crippen LogP contribution >= 0.6 is 0 Å². The molecule has 0 aromatic rings. The van der Waals surface area contributed by atoms with E-state index in [0.29, 0.717) is 0 Å². The Bertz CT molecular complexity index is 111. The van der Waals surface area contributed by atoms with Crippen molar-refractivity contribution in [2.24, 2.45) is 5.92 Å². The second-order valence-electron chi connectivity index (χ2n) is 2.85. The second kappa shape index (κ2) is 3.05. The molecule has 0 fully saturated rings. The van der Waals surface area contributed by atoms with Crippen LogP contribution in [-0.2, 0) is 0 Å². The summed E-state index contributed by atoms with van der Waals surface area (Å²) in [6.45, 7) is 4.52. The van der Waals surface area contributed by atoms with Crippen molar-refractivity contribution in [3.05, 3.63) is 18.1 Å². The van der Waals surface area contributed by atoms with Crippen LogP contribution in [0, 0.1) is 12.3 Å². The molecule has 1 aliphatic rings. The summed E-state index contributed by atoms with van der Waals surface area (Å²) in [4.78, 5) is 0. The molecule has 9 heavy (non-hydrogen) atoms. The van der Waals surface area contributed by atoms with Gasteiger partial charge in [0.2, 0.25) is 0 Å². The van der Waals surface area contributed by atoms with Gasteiger partial charge in [-0.25, -0.2) is 0 Å². The highest BCUT2D eigenvalue weighted by Crippen LogP contribution is 2.23. The van der Waals surface area contributed by atoms with E-state index in [1.54, 1.807) is 5.57 Å². The minimum atomic E-state index is 0.824. The predicted molar refractivity (Wildman–Crippen MR) is 41.1 cm³/mol. The zero-order chi connectivity index (χ0) is 6.69. The normalized spacial score (nSPS) is 27.8. The summed E-state index contributed by atoms with van der Waals surface area (Å²) in [7, 11) is 0. The summed E-state index contributed by atoms with van der Waals surface area (Å²) < 4.78 is 0. The van der Waals surface area contributed by atoms with Gasteiger partial charge in [-0.2, -0.15) is 0 Å². The highest BCUT2D eigenvalue weighted by Gasteiger charge is 2.08. The SMILES string of the molecule is CCC1=CCCC(C)[CH]1. The molecule has 0 nitrogen and oxygen atoms in total. The molecule has 0 saturated heterocycles. The monoisotopic (exact) mass is 123 g/mol. The van der Waals surface area contributed by atoms with Gasteiger partial charge in [0.1, 0.15) is 0 Å². The summed E-state index contributed by atoms with van der Waals surface area (Å²) in [6, 6.07) is 0. The number of hydrogen-bond donors (Lipinski definition) is 0. The van der Waals surface area contributed by atoms with Crippen molar-refractivity contribution >= 4 is 0 Å². The average molecular weight is 123 g/mol. The van der Waals surface area contributed by atoms with Gasteiger partial charge in [-0.1, -0.05) is 25.5 Å². The molecule has 1 aliphatic carbocycles. The van der Waals surface area contributed by atoms with Crippen molar-refractivity contribution in [1.29, 1.82) is 0 Å². The van der Waals surface area contributed by atoms with E-state index < -0.39 is 0 Å². The van der Waals surface area contributed by atoms with Gasteiger partial charge < -0.3 is 0 Å². The average Bonchev–Trinajstić information content (AvgIpc) is 1.88. The lowest BCUT2D eigenvalue weighted by atomic mass is 9.89. The fraction of sp³-hybridized carbons (Fsp3) is 0.667. The minimum absolute atomic E-state index is 0.824. The molecule has 0 aliphatic heterocycles. The van der Waals surface area contributed by atoms with Gasteiger partial charge in [0.05, 0.1) is 0 Å². The van der Waals surface area contributed by atoms with E-state index in [4.69, 9.17) is 0 Å². The van der Waals surface area contributed by atoms with Crippen molar-refractivity contribution in [2.45, 2.75) is 33.1 Å². The Balaban J connectivity index is 2.43. The molecule has 1 radical (unpaired) electrons. The van der Waals surface area contributed by atoms with Crippen molar-refractivity contribution in [1.82, 2.24) is 0 Å². The zero-order valence-corrected chi connectivity index (χ0v) is 6.35. The van der Waals surface area contributed by atoms with Crippen LogP contribution in [0.15, 0.2) is 11.6 Å². The van der Waals surface area contributed by atoms with Crippen LogP contribution in [-0.4, -0.2) is 0 Å². The van der Waals surface area contributed by atoms with E-state index >= 15 is 0 Å². The molecule has 0 N–H and O–H groups in total. The zero-order valence-electron chi connectivity index (χ0n) is 6.35. The smallest absolute Gasteiger partial charge is 0.0109 e. The Morgan fingerprint density at radius 1 is 1.67 bits per heavy atom. The molecule has 0 saturated carbocycles. The molecule has 1 atom stereocenters. The quantitative estimate of drug-likeness (QED) is 0.503. The molecule has 0 bridgehead atoms. The van der Waals surface area contributed by atoms with Crippen molar-refractivity contribution in [3.63, 3.8) is 0 Å². The number of rotatable bonds is 1. The third-order valence-electron chi connectivity index (χ3n) is 1.94. The lowest BCUT2D eigenvalue weighted by Crippen LogP contribution is -2.02. The first kappa shape index (κ1) is 6.85. The molecule has 0 spiro atoms. The molecule has 1 unspecified atom stereocenters. The highest BCUT2D eigenvalue weighted by molar-refractivity contribution is 5.17. The van der Waals surface area contributed by atoms with Crippen LogP contribution in [0.4, 0.5) is 0 Å². The van der Waals surface area contributed by atoms with Crippen LogP contribution in [0.3, 0.4) is 0 Å². The first-order chi connectivity index (χ1) is 4.33. The summed E-state index contributed by atoms with van der Waals surface area (Å²) >= 11 is 0. The first-order valence-corrected chi connectivity index (χ1v) is 3.87. The lowest BCUT2D eigenvalue weighted by molar-refractivity contribution is 0.593. The van der Waals surface area contributed by atoms with E-state index in [2.05, 4.69) is 26.3 Å². The third-order valence-corrected chi connectivity index (χ3v) is 1.94. The van der Waals surface area contributed by atoms with E-state index in [0.717, 1.165) is 5.92 Å². The van der Waals surface area contributed by atoms with Gasteiger partial charge in [-0.3, -0.25) is 0 Å². The number of allylic oxidation sites excluding steroid dienone is 2. The van der Waals surface area contributed by atoms with Crippen LogP contribution in [0.5, 0.6) is 0 Å². The van der Waals surface area contributed by atoms with Crippen molar-refractivity contribution < 1.29 is 0 Å². The summed E-state index contributed by atoms with van der Waals surface area (Å²) in [5, 5.41) is 0. The van der Waals surface area contributed by atoms with Gasteiger partial charge >= 0.3 is 0 Å². The van der Waals surface area contributed by atoms with Crippen LogP contribution in [0.25, 0.3) is 0 Å². The molecular weight excluding hydrogens is 108 g/mol. The van der Waals surface area contributed by atoms with E-state index in [-0.39, 0.29) is 0 Å². The standard InChI is InChI=1S/C9H15/c1-3-9-6-4-5-8(2)7-9/h6-8H,3-5H2,1-2H3.